The largest absolute Gasteiger partial charge is 0.478 e. The molecule has 0 aliphatic rings. The van der Waals surface area contributed by atoms with Gasteiger partial charge in [0.2, 0.25) is 0 Å². The molecule has 1 unspecified atom stereocenters. The summed E-state index contributed by atoms with van der Waals surface area (Å²) in [6, 6.07) is 0. The molecule has 0 heterocycles. The van der Waals surface area contributed by atoms with Crippen LogP contribution in [0.15, 0.2) is 36.5 Å². The summed E-state index contributed by atoms with van der Waals surface area (Å²) in [6.07, 6.45) is -0.295. The zero-order valence-electron chi connectivity index (χ0n) is 7.94. The Morgan fingerprint density at radius 2 is 1.80 bits per heavy atom. The molecule has 1 atom stereocenters. The minimum Gasteiger partial charge on any atom is -0.478 e. The Morgan fingerprint density at radius 1 is 1.27 bits per heavy atom. The molecule has 0 aromatic carbocycles. The molecule has 0 aromatic heterocycles. The predicted octanol–water partition coefficient (Wildman–Crippen LogP) is 1.55. The molecule has 0 aromatic rings. The third-order valence-electron chi connectivity index (χ3n) is 1.64. The van der Waals surface area contributed by atoms with Gasteiger partial charge in [0.25, 0.3) is 0 Å². The van der Waals surface area contributed by atoms with E-state index in [2.05, 4.69) is 13.2 Å². The maximum atomic E-state index is 13.1. The van der Waals surface area contributed by atoms with Crippen LogP contribution in [0.25, 0.3) is 0 Å². The van der Waals surface area contributed by atoms with Crippen LogP contribution in [-0.4, -0.2) is 28.3 Å². The number of hydrogen-bond donors (Lipinski definition) is 2. The van der Waals surface area contributed by atoms with Gasteiger partial charge in [-0.1, -0.05) is 18.7 Å². The molecule has 15 heavy (non-hydrogen) atoms. The van der Waals surface area contributed by atoms with Crippen LogP contribution in [0.1, 0.15) is 6.42 Å². The van der Waals surface area contributed by atoms with E-state index < -0.39 is 29.3 Å². The van der Waals surface area contributed by atoms with Gasteiger partial charge in [0.1, 0.15) is 0 Å². The van der Waals surface area contributed by atoms with Crippen molar-refractivity contribution in [1.29, 1.82) is 0 Å². The summed E-state index contributed by atoms with van der Waals surface area (Å²) in [7, 11) is 0. The molecule has 0 saturated heterocycles. The molecule has 0 aliphatic heterocycles. The molecule has 0 aliphatic carbocycles. The summed E-state index contributed by atoms with van der Waals surface area (Å²) in [5.74, 6) is -3.08. The second kappa shape index (κ2) is 5.74. The number of halogens is 1. The lowest BCUT2D eigenvalue weighted by Gasteiger charge is -2.08. The molecule has 0 fully saturated rings. The summed E-state index contributed by atoms with van der Waals surface area (Å²) >= 11 is 0. The van der Waals surface area contributed by atoms with Gasteiger partial charge in [0.05, 0.1) is 11.1 Å². The maximum Gasteiger partial charge on any atom is 0.335 e. The number of alkyl halides is 1. The second-order valence-corrected chi connectivity index (χ2v) is 2.63. The summed E-state index contributed by atoms with van der Waals surface area (Å²) in [5, 5.41) is 17.4. The Balaban J connectivity index is 5.53. The van der Waals surface area contributed by atoms with Gasteiger partial charge in [-0.3, -0.25) is 0 Å². The van der Waals surface area contributed by atoms with Crippen molar-refractivity contribution in [2.75, 3.05) is 0 Å². The normalized spacial score (nSPS) is 13.7. The van der Waals surface area contributed by atoms with Crippen molar-refractivity contribution < 1.29 is 24.2 Å². The van der Waals surface area contributed by atoms with Crippen LogP contribution in [0.5, 0.6) is 0 Å². The zero-order chi connectivity index (χ0) is 12.0. The van der Waals surface area contributed by atoms with Crippen molar-refractivity contribution in [3.63, 3.8) is 0 Å². The predicted molar refractivity (Wildman–Crippen MR) is 52.2 cm³/mol. The minimum atomic E-state index is -2.01. The van der Waals surface area contributed by atoms with Crippen molar-refractivity contribution in [3.8, 4) is 0 Å². The molecule has 0 saturated carbocycles. The van der Waals surface area contributed by atoms with Gasteiger partial charge in [0.15, 0.2) is 6.17 Å². The van der Waals surface area contributed by atoms with Gasteiger partial charge in [-0.2, -0.15) is 0 Å². The summed E-state index contributed by atoms with van der Waals surface area (Å²) < 4.78 is 13.1. The number of hydrogen-bond acceptors (Lipinski definition) is 2. The molecule has 5 heteroatoms. The van der Waals surface area contributed by atoms with Gasteiger partial charge >= 0.3 is 11.9 Å². The second-order valence-electron chi connectivity index (χ2n) is 2.63. The molecule has 0 rings (SSSR count). The quantitative estimate of drug-likeness (QED) is 0.519. The Hall–Kier alpha value is -1.91. The van der Waals surface area contributed by atoms with Crippen molar-refractivity contribution in [2.45, 2.75) is 12.6 Å². The van der Waals surface area contributed by atoms with Crippen LogP contribution in [-0.2, 0) is 9.59 Å². The molecule has 82 valence electrons. The van der Waals surface area contributed by atoms with Crippen LogP contribution >= 0.6 is 0 Å². The lowest BCUT2D eigenvalue weighted by molar-refractivity contribution is -0.136. The lowest BCUT2D eigenvalue weighted by Crippen LogP contribution is -2.18. The number of carboxylic acids is 2. The Labute approximate surface area is 86.0 Å². The van der Waals surface area contributed by atoms with E-state index in [1.807, 2.05) is 0 Å². The smallest absolute Gasteiger partial charge is 0.335 e. The minimum absolute atomic E-state index is 0.217. The number of rotatable bonds is 6. The van der Waals surface area contributed by atoms with Gasteiger partial charge in [0, 0.05) is 0 Å². The SMILES string of the molecule is C=CC/C(C(=O)O)=C(\C(=O)O)C(F)C=C. The number of carbonyl (C=O) groups is 2. The third-order valence-corrected chi connectivity index (χ3v) is 1.64. The fourth-order valence-electron chi connectivity index (χ4n) is 0.988. The first-order chi connectivity index (χ1) is 6.95. The summed E-state index contributed by atoms with van der Waals surface area (Å²) in [4.78, 5) is 21.4. The average molecular weight is 214 g/mol. The Bertz CT molecular complexity index is 330. The van der Waals surface area contributed by atoms with Crippen molar-refractivity contribution in [1.82, 2.24) is 0 Å². The van der Waals surface area contributed by atoms with Gasteiger partial charge in [-0.15, -0.1) is 6.58 Å². The summed E-state index contributed by atoms with van der Waals surface area (Å²) in [5.41, 5.74) is -1.33. The van der Waals surface area contributed by atoms with Crippen LogP contribution in [0.4, 0.5) is 4.39 Å². The molecule has 0 radical (unpaired) electrons. The topological polar surface area (TPSA) is 74.6 Å². The van der Waals surface area contributed by atoms with Crippen LogP contribution in [0, 0.1) is 0 Å². The summed E-state index contributed by atoms with van der Waals surface area (Å²) in [6.45, 7) is 6.35. The highest BCUT2D eigenvalue weighted by Crippen LogP contribution is 2.17. The molecule has 4 nitrogen and oxygen atoms in total. The highest BCUT2D eigenvalue weighted by Gasteiger charge is 2.25. The first-order valence-electron chi connectivity index (χ1n) is 4.02. The maximum absolute atomic E-state index is 13.1. The standard InChI is InChI=1S/C10H11FO4/c1-3-5-6(9(12)13)8(10(14)15)7(11)4-2/h3-4,7H,1-2,5H2,(H,12,13)(H,14,15)/b8-6+. The molecule has 0 amide bonds. The van der Waals surface area contributed by atoms with E-state index >= 15 is 0 Å². The van der Waals surface area contributed by atoms with Gasteiger partial charge < -0.3 is 10.2 Å². The molecule has 0 spiro atoms. The highest BCUT2D eigenvalue weighted by molar-refractivity contribution is 6.00. The van der Waals surface area contributed by atoms with E-state index in [9.17, 15) is 14.0 Å². The molecular weight excluding hydrogens is 203 g/mol. The van der Waals surface area contributed by atoms with Crippen LogP contribution in [0.2, 0.25) is 0 Å². The van der Waals surface area contributed by atoms with E-state index in [1.165, 1.54) is 6.08 Å². The van der Waals surface area contributed by atoms with Crippen molar-refractivity contribution >= 4 is 11.9 Å². The van der Waals surface area contributed by atoms with E-state index in [0.29, 0.717) is 0 Å². The third kappa shape index (κ3) is 3.38. The van der Waals surface area contributed by atoms with Crippen molar-refractivity contribution in [3.05, 3.63) is 36.5 Å². The van der Waals surface area contributed by atoms with Gasteiger partial charge in [-0.25, -0.2) is 14.0 Å². The lowest BCUT2D eigenvalue weighted by atomic mass is 10.0. The van der Waals surface area contributed by atoms with E-state index in [0.717, 1.165) is 6.08 Å². The Morgan fingerprint density at radius 3 is 2.07 bits per heavy atom. The highest BCUT2D eigenvalue weighted by atomic mass is 19.1. The van der Waals surface area contributed by atoms with Crippen LogP contribution < -0.4 is 0 Å². The molecule has 0 bridgehead atoms. The number of aliphatic carboxylic acids is 2. The zero-order valence-corrected chi connectivity index (χ0v) is 7.94. The number of carboxylic acid groups (broad SMARTS) is 2. The molecule has 2 N–H and O–H groups in total. The number of allylic oxidation sites excluding steroid dienone is 2. The fraction of sp³-hybridized carbons (Fsp3) is 0.200. The van der Waals surface area contributed by atoms with E-state index in [-0.39, 0.29) is 6.42 Å². The average Bonchev–Trinajstić information content (AvgIpc) is 2.15. The van der Waals surface area contributed by atoms with Crippen LogP contribution in [0.3, 0.4) is 0 Å². The first kappa shape index (κ1) is 13.1. The van der Waals surface area contributed by atoms with E-state index in [4.69, 9.17) is 10.2 Å². The molecular formula is C10H11FO4. The monoisotopic (exact) mass is 214 g/mol. The van der Waals surface area contributed by atoms with Gasteiger partial charge in [-0.05, 0) is 6.42 Å². The van der Waals surface area contributed by atoms with E-state index in [1.54, 1.807) is 0 Å². The first-order valence-corrected chi connectivity index (χ1v) is 4.02. The fourth-order valence-corrected chi connectivity index (χ4v) is 0.988. The van der Waals surface area contributed by atoms with Crippen molar-refractivity contribution in [2.24, 2.45) is 0 Å². The Kier molecular flexibility index (Phi) is 5.01.